The summed E-state index contributed by atoms with van der Waals surface area (Å²) in [5.41, 5.74) is 0.866. The van der Waals surface area contributed by atoms with Gasteiger partial charge < -0.3 is 10.1 Å². The van der Waals surface area contributed by atoms with Crippen LogP contribution in [0.3, 0.4) is 0 Å². The van der Waals surface area contributed by atoms with Gasteiger partial charge in [0.05, 0.1) is 10.7 Å². The molecule has 0 bridgehead atoms. The second-order valence-electron chi connectivity index (χ2n) is 4.47. The van der Waals surface area contributed by atoms with Gasteiger partial charge in [0.15, 0.2) is 0 Å². The molecule has 0 aliphatic rings. The first-order chi connectivity index (χ1) is 10.3. The average Bonchev–Trinajstić information content (AvgIpc) is 2.88. The molecule has 0 unspecified atom stereocenters. The van der Waals surface area contributed by atoms with Crippen molar-refractivity contribution >= 4 is 17.2 Å². The van der Waals surface area contributed by atoms with E-state index < -0.39 is 18.6 Å². The topological polar surface area (TPSA) is 51.2 Å². The van der Waals surface area contributed by atoms with E-state index in [4.69, 9.17) is 4.74 Å². The van der Waals surface area contributed by atoms with Crippen molar-refractivity contribution in [3.8, 4) is 5.75 Å². The summed E-state index contributed by atoms with van der Waals surface area (Å²) in [7, 11) is 0. The lowest BCUT2D eigenvalue weighted by atomic mass is 10.2. The number of ether oxygens (including phenoxy) is 1. The monoisotopic (exact) mass is 330 g/mol. The van der Waals surface area contributed by atoms with Crippen LogP contribution in [0.2, 0.25) is 0 Å². The molecule has 8 heteroatoms. The highest BCUT2D eigenvalue weighted by molar-refractivity contribution is 7.09. The third-order valence-corrected chi connectivity index (χ3v) is 3.42. The van der Waals surface area contributed by atoms with Crippen LogP contribution in [0.5, 0.6) is 5.75 Å². The third-order valence-electron chi connectivity index (χ3n) is 2.60. The van der Waals surface area contributed by atoms with Crippen LogP contribution in [-0.2, 0) is 6.61 Å². The minimum atomic E-state index is -4.44. The lowest BCUT2D eigenvalue weighted by Crippen LogP contribution is -2.33. The molecule has 0 fully saturated rings. The molecule has 1 amide bonds. The smallest absolute Gasteiger partial charge is 0.405 e. The first-order valence-electron chi connectivity index (χ1n) is 6.32. The van der Waals surface area contributed by atoms with Gasteiger partial charge in [-0.05, 0) is 25.1 Å². The lowest BCUT2D eigenvalue weighted by Gasteiger charge is -2.09. The Kier molecular flexibility index (Phi) is 5.02. The zero-order chi connectivity index (χ0) is 16.2. The van der Waals surface area contributed by atoms with E-state index in [9.17, 15) is 18.0 Å². The fourth-order valence-corrected chi connectivity index (χ4v) is 2.24. The summed E-state index contributed by atoms with van der Waals surface area (Å²) in [5, 5.41) is 4.59. The maximum Gasteiger partial charge on any atom is 0.405 e. The van der Waals surface area contributed by atoms with Crippen molar-refractivity contribution < 1.29 is 22.7 Å². The number of nitrogens with zero attached hydrogens (tertiary/aromatic N) is 1. The molecule has 0 saturated carbocycles. The maximum absolute atomic E-state index is 12.1. The van der Waals surface area contributed by atoms with Gasteiger partial charge in [-0.15, -0.1) is 11.3 Å². The summed E-state index contributed by atoms with van der Waals surface area (Å²) in [6.45, 7) is 0.743. The Hall–Kier alpha value is -2.09. The number of amides is 1. The van der Waals surface area contributed by atoms with Crippen molar-refractivity contribution in [2.45, 2.75) is 19.7 Å². The fourth-order valence-electron chi connectivity index (χ4n) is 1.64. The van der Waals surface area contributed by atoms with E-state index in [2.05, 4.69) is 4.98 Å². The maximum atomic E-state index is 12.1. The zero-order valence-electron chi connectivity index (χ0n) is 11.6. The van der Waals surface area contributed by atoms with E-state index >= 15 is 0 Å². The van der Waals surface area contributed by atoms with Gasteiger partial charge in [-0.25, -0.2) is 4.98 Å². The number of benzene rings is 1. The summed E-state index contributed by atoms with van der Waals surface area (Å²) in [6, 6.07) is 5.99. The molecule has 1 N–H and O–H groups in total. The van der Waals surface area contributed by atoms with Crippen molar-refractivity contribution in [2.24, 2.45) is 0 Å². The van der Waals surface area contributed by atoms with E-state index in [0.717, 1.165) is 10.7 Å². The number of carbonyl (C=O) groups is 1. The molecule has 0 aliphatic heterocycles. The van der Waals surface area contributed by atoms with Gasteiger partial charge in [0.1, 0.15) is 18.9 Å². The standard InChI is InChI=1S/C14H13F3N2O2S/c1-9-19-11(7-22-9)6-21-12-4-2-3-10(5-12)13(20)18-8-14(15,16)17/h2-5,7H,6,8H2,1H3,(H,18,20). The third kappa shape index (κ3) is 5.03. The Balaban J connectivity index is 1.95. The molecule has 1 aromatic carbocycles. The SMILES string of the molecule is Cc1nc(COc2cccc(C(=O)NCC(F)(F)F)c2)cs1. The van der Waals surface area contributed by atoms with Crippen molar-refractivity contribution in [1.29, 1.82) is 0 Å². The lowest BCUT2D eigenvalue weighted by molar-refractivity contribution is -0.123. The Labute approximate surface area is 128 Å². The Morgan fingerprint density at radius 1 is 1.41 bits per heavy atom. The normalized spacial score (nSPS) is 11.3. The summed E-state index contributed by atoms with van der Waals surface area (Å²) in [4.78, 5) is 15.9. The van der Waals surface area contributed by atoms with Crippen molar-refractivity contribution in [3.05, 3.63) is 45.9 Å². The van der Waals surface area contributed by atoms with Gasteiger partial charge in [-0.3, -0.25) is 4.79 Å². The van der Waals surface area contributed by atoms with Crippen LogP contribution in [0, 0.1) is 6.92 Å². The summed E-state index contributed by atoms with van der Waals surface area (Å²) in [6.07, 6.45) is -4.44. The highest BCUT2D eigenvalue weighted by Gasteiger charge is 2.27. The zero-order valence-corrected chi connectivity index (χ0v) is 12.4. The largest absolute Gasteiger partial charge is 0.487 e. The van der Waals surface area contributed by atoms with Crippen LogP contribution in [0.4, 0.5) is 13.2 Å². The number of rotatable bonds is 5. The van der Waals surface area contributed by atoms with Crippen LogP contribution >= 0.6 is 11.3 Å². The minimum absolute atomic E-state index is 0.108. The Morgan fingerprint density at radius 2 is 2.18 bits per heavy atom. The second kappa shape index (κ2) is 6.78. The number of nitrogens with one attached hydrogen (secondary N) is 1. The molecule has 22 heavy (non-hydrogen) atoms. The molecule has 1 aromatic heterocycles. The number of hydrogen-bond donors (Lipinski definition) is 1. The van der Waals surface area contributed by atoms with Gasteiger partial charge in [-0.2, -0.15) is 13.2 Å². The molecule has 0 spiro atoms. The van der Waals surface area contributed by atoms with Gasteiger partial charge in [0.2, 0.25) is 0 Å². The summed E-state index contributed by atoms with van der Waals surface area (Å²) in [5.74, 6) is -0.405. The Bertz CT molecular complexity index is 656. The summed E-state index contributed by atoms with van der Waals surface area (Å²) >= 11 is 1.49. The van der Waals surface area contributed by atoms with E-state index in [1.54, 1.807) is 12.1 Å². The van der Waals surface area contributed by atoms with Crippen molar-refractivity contribution in [1.82, 2.24) is 10.3 Å². The van der Waals surface area contributed by atoms with Crippen LogP contribution in [-0.4, -0.2) is 23.6 Å². The number of aromatic nitrogens is 1. The minimum Gasteiger partial charge on any atom is -0.487 e. The molecule has 2 aromatic rings. The van der Waals surface area contributed by atoms with Crippen LogP contribution in [0.25, 0.3) is 0 Å². The molecule has 1 heterocycles. The van der Waals surface area contributed by atoms with Crippen molar-refractivity contribution in [2.75, 3.05) is 6.54 Å². The molecular weight excluding hydrogens is 317 g/mol. The molecular formula is C14H13F3N2O2S. The number of aryl methyl sites for hydroxylation is 1. The fraction of sp³-hybridized carbons (Fsp3) is 0.286. The predicted molar refractivity (Wildman–Crippen MR) is 76.0 cm³/mol. The number of thiazole rings is 1. The first-order valence-corrected chi connectivity index (χ1v) is 7.20. The molecule has 0 radical (unpaired) electrons. The van der Waals surface area contributed by atoms with Gasteiger partial charge in [0.25, 0.3) is 5.91 Å². The van der Waals surface area contributed by atoms with E-state index in [-0.39, 0.29) is 12.2 Å². The van der Waals surface area contributed by atoms with Crippen LogP contribution in [0.1, 0.15) is 21.1 Å². The number of alkyl halides is 3. The second-order valence-corrected chi connectivity index (χ2v) is 5.53. The molecule has 2 rings (SSSR count). The molecule has 0 aliphatic carbocycles. The number of hydrogen-bond acceptors (Lipinski definition) is 4. The Morgan fingerprint density at radius 3 is 2.82 bits per heavy atom. The van der Waals surface area contributed by atoms with Crippen LogP contribution in [0.15, 0.2) is 29.6 Å². The van der Waals surface area contributed by atoms with E-state index in [1.807, 2.05) is 17.6 Å². The van der Waals surface area contributed by atoms with E-state index in [1.165, 1.54) is 23.5 Å². The highest BCUT2D eigenvalue weighted by atomic mass is 32.1. The van der Waals surface area contributed by atoms with Gasteiger partial charge in [-0.1, -0.05) is 6.07 Å². The average molecular weight is 330 g/mol. The molecule has 0 saturated heterocycles. The van der Waals surface area contributed by atoms with Gasteiger partial charge >= 0.3 is 6.18 Å². The van der Waals surface area contributed by atoms with Crippen molar-refractivity contribution in [3.63, 3.8) is 0 Å². The molecule has 118 valence electrons. The van der Waals surface area contributed by atoms with E-state index in [0.29, 0.717) is 5.75 Å². The summed E-state index contributed by atoms with van der Waals surface area (Å²) < 4.78 is 41.7. The number of carbonyl (C=O) groups excluding carboxylic acids is 1. The molecule has 4 nitrogen and oxygen atoms in total. The highest BCUT2D eigenvalue weighted by Crippen LogP contribution is 2.17. The molecule has 0 atom stereocenters. The predicted octanol–water partition coefficient (Wildman–Crippen LogP) is 3.32. The van der Waals surface area contributed by atoms with Gasteiger partial charge in [0, 0.05) is 10.9 Å². The first kappa shape index (κ1) is 16.3. The quantitative estimate of drug-likeness (QED) is 0.915. The number of halogens is 3. The van der Waals surface area contributed by atoms with Crippen LogP contribution < -0.4 is 10.1 Å².